The lowest BCUT2D eigenvalue weighted by Crippen LogP contribution is -2.33. The van der Waals surface area contributed by atoms with Crippen LogP contribution in [0.4, 0.5) is 5.69 Å². The molecule has 0 amide bonds. The molecule has 0 aliphatic carbocycles. The molecule has 1 aliphatic rings. The zero-order valence-corrected chi connectivity index (χ0v) is 12.9. The summed E-state index contributed by atoms with van der Waals surface area (Å²) in [5.74, 6) is -0.266. The molecule has 1 fully saturated rings. The third-order valence-corrected chi connectivity index (χ3v) is 3.74. The fourth-order valence-electron chi connectivity index (χ4n) is 2.69. The fraction of sp³-hybridized carbons (Fsp3) is 0.588. The molecule has 1 N–H and O–H groups in total. The molecule has 1 heterocycles. The van der Waals surface area contributed by atoms with Crippen molar-refractivity contribution in [2.24, 2.45) is 0 Å². The van der Waals surface area contributed by atoms with Crippen LogP contribution in [0.25, 0.3) is 0 Å². The number of anilines is 1. The van der Waals surface area contributed by atoms with Crippen molar-refractivity contribution >= 4 is 11.7 Å². The number of rotatable bonds is 6. The Morgan fingerprint density at radius 2 is 2.10 bits per heavy atom. The summed E-state index contributed by atoms with van der Waals surface area (Å²) >= 11 is 0. The topological polar surface area (TPSA) is 47.6 Å². The third kappa shape index (κ3) is 4.74. The van der Waals surface area contributed by atoms with Crippen LogP contribution in [0, 0.1) is 0 Å². The Labute approximate surface area is 126 Å². The van der Waals surface area contributed by atoms with Gasteiger partial charge < -0.3 is 14.8 Å². The van der Waals surface area contributed by atoms with Gasteiger partial charge in [-0.2, -0.15) is 0 Å². The van der Waals surface area contributed by atoms with Crippen molar-refractivity contribution in [3.63, 3.8) is 0 Å². The van der Waals surface area contributed by atoms with Crippen molar-refractivity contribution in [2.45, 2.75) is 51.7 Å². The molecule has 0 saturated carbocycles. The summed E-state index contributed by atoms with van der Waals surface area (Å²) in [4.78, 5) is 11.6. The van der Waals surface area contributed by atoms with E-state index in [1.54, 1.807) is 0 Å². The van der Waals surface area contributed by atoms with Gasteiger partial charge in [0, 0.05) is 18.3 Å². The average molecular weight is 291 g/mol. The Hall–Kier alpha value is -1.55. The van der Waals surface area contributed by atoms with Crippen molar-refractivity contribution in [3.05, 3.63) is 29.8 Å². The van der Waals surface area contributed by atoms with Crippen LogP contribution in [0.3, 0.4) is 0 Å². The van der Waals surface area contributed by atoms with Crippen molar-refractivity contribution < 1.29 is 14.3 Å². The Morgan fingerprint density at radius 1 is 1.33 bits per heavy atom. The van der Waals surface area contributed by atoms with Gasteiger partial charge in [0.1, 0.15) is 0 Å². The van der Waals surface area contributed by atoms with E-state index < -0.39 is 0 Å². The molecule has 116 valence electrons. The van der Waals surface area contributed by atoms with Crippen molar-refractivity contribution in [3.8, 4) is 0 Å². The van der Waals surface area contributed by atoms with E-state index in [1.165, 1.54) is 0 Å². The smallest absolute Gasteiger partial charge is 0.338 e. The molecule has 1 aromatic rings. The van der Waals surface area contributed by atoms with Crippen LogP contribution < -0.4 is 5.32 Å². The molecule has 2 unspecified atom stereocenters. The first-order valence-corrected chi connectivity index (χ1v) is 7.88. The van der Waals surface area contributed by atoms with Crippen molar-refractivity contribution in [1.29, 1.82) is 0 Å². The number of ether oxygens (including phenoxy) is 2. The Balaban J connectivity index is 1.89. The molecular formula is C17H25NO3. The van der Waals surface area contributed by atoms with Gasteiger partial charge in [-0.05, 0) is 50.5 Å². The summed E-state index contributed by atoms with van der Waals surface area (Å²) in [5.41, 5.74) is 1.64. The highest BCUT2D eigenvalue weighted by molar-refractivity contribution is 5.89. The molecule has 1 saturated heterocycles. The molecular weight excluding hydrogens is 266 g/mol. The fourth-order valence-corrected chi connectivity index (χ4v) is 2.69. The number of carbonyl (C=O) groups excluding carboxylic acids is 1. The second-order valence-corrected chi connectivity index (χ2v) is 5.44. The molecule has 0 bridgehead atoms. The van der Waals surface area contributed by atoms with Crippen LogP contribution in [0.2, 0.25) is 0 Å². The second kappa shape index (κ2) is 8.03. The van der Waals surface area contributed by atoms with Gasteiger partial charge in [-0.15, -0.1) is 0 Å². The molecule has 21 heavy (non-hydrogen) atoms. The lowest BCUT2D eigenvalue weighted by Gasteiger charge is -2.30. The van der Waals surface area contributed by atoms with E-state index in [1.807, 2.05) is 31.2 Å². The number of nitrogens with one attached hydrogen (secondary N) is 1. The monoisotopic (exact) mass is 291 g/mol. The van der Waals surface area contributed by atoms with Gasteiger partial charge in [-0.25, -0.2) is 4.79 Å². The largest absolute Gasteiger partial charge is 0.462 e. The van der Waals surface area contributed by atoms with Crippen molar-refractivity contribution in [1.82, 2.24) is 0 Å². The highest BCUT2D eigenvalue weighted by atomic mass is 16.5. The van der Waals surface area contributed by atoms with Gasteiger partial charge in [-0.3, -0.25) is 0 Å². The summed E-state index contributed by atoms with van der Waals surface area (Å²) < 4.78 is 10.7. The first kappa shape index (κ1) is 15.8. The van der Waals surface area contributed by atoms with E-state index in [-0.39, 0.29) is 5.97 Å². The summed E-state index contributed by atoms with van der Waals surface area (Å²) in [6.45, 7) is 5.23. The van der Waals surface area contributed by atoms with Gasteiger partial charge in [0.05, 0.1) is 18.3 Å². The minimum absolute atomic E-state index is 0.266. The molecule has 0 spiro atoms. The summed E-state index contributed by atoms with van der Waals surface area (Å²) in [5, 5.41) is 3.54. The lowest BCUT2D eigenvalue weighted by molar-refractivity contribution is 0.00598. The minimum Gasteiger partial charge on any atom is -0.462 e. The Kier molecular flexibility index (Phi) is 6.05. The van der Waals surface area contributed by atoms with Gasteiger partial charge in [0.25, 0.3) is 0 Å². The Bertz CT molecular complexity index is 442. The number of benzene rings is 1. The summed E-state index contributed by atoms with van der Waals surface area (Å²) in [7, 11) is 0. The maximum absolute atomic E-state index is 11.6. The standard InChI is InChI=1S/C17H25NO3/c1-3-5-16-12-15(10-11-21-16)18-14-8-6-13(7-9-14)17(19)20-4-2/h6-9,15-16,18H,3-5,10-12H2,1-2H3. The van der Waals surface area contributed by atoms with Crippen LogP contribution >= 0.6 is 0 Å². The number of hydrogen-bond acceptors (Lipinski definition) is 4. The van der Waals surface area contributed by atoms with E-state index in [9.17, 15) is 4.79 Å². The average Bonchev–Trinajstić information content (AvgIpc) is 2.49. The third-order valence-electron chi connectivity index (χ3n) is 3.74. The van der Waals surface area contributed by atoms with Crippen LogP contribution in [0.1, 0.15) is 49.9 Å². The van der Waals surface area contributed by atoms with Gasteiger partial charge >= 0.3 is 5.97 Å². The van der Waals surface area contributed by atoms with Crippen molar-refractivity contribution in [2.75, 3.05) is 18.5 Å². The number of hydrogen-bond donors (Lipinski definition) is 1. The molecule has 4 heteroatoms. The predicted molar refractivity (Wildman–Crippen MR) is 83.7 cm³/mol. The minimum atomic E-state index is -0.266. The van der Waals surface area contributed by atoms with Gasteiger partial charge in [0.15, 0.2) is 0 Å². The molecule has 0 aromatic heterocycles. The molecule has 0 radical (unpaired) electrons. The van der Waals surface area contributed by atoms with E-state index in [2.05, 4.69) is 12.2 Å². The second-order valence-electron chi connectivity index (χ2n) is 5.44. The lowest BCUT2D eigenvalue weighted by atomic mass is 10.00. The first-order valence-electron chi connectivity index (χ1n) is 7.88. The highest BCUT2D eigenvalue weighted by Gasteiger charge is 2.21. The van der Waals surface area contributed by atoms with Crippen LogP contribution in [0.15, 0.2) is 24.3 Å². The normalized spacial score (nSPS) is 21.8. The molecule has 2 atom stereocenters. The number of carbonyl (C=O) groups is 1. The summed E-state index contributed by atoms with van der Waals surface area (Å²) in [6, 6.07) is 7.95. The van der Waals surface area contributed by atoms with Gasteiger partial charge in [0.2, 0.25) is 0 Å². The van der Waals surface area contributed by atoms with E-state index in [0.717, 1.165) is 38.0 Å². The number of esters is 1. The predicted octanol–water partition coefficient (Wildman–Crippen LogP) is 3.62. The quantitative estimate of drug-likeness (QED) is 0.813. The zero-order chi connectivity index (χ0) is 15.1. The summed E-state index contributed by atoms with van der Waals surface area (Å²) in [6.07, 6.45) is 4.74. The molecule has 4 nitrogen and oxygen atoms in total. The van der Waals surface area contributed by atoms with E-state index in [4.69, 9.17) is 9.47 Å². The maximum Gasteiger partial charge on any atom is 0.338 e. The molecule has 2 rings (SSSR count). The first-order chi connectivity index (χ1) is 10.2. The van der Waals surface area contributed by atoms with Crippen LogP contribution in [-0.2, 0) is 9.47 Å². The van der Waals surface area contributed by atoms with E-state index in [0.29, 0.717) is 24.3 Å². The molecule has 1 aliphatic heterocycles. The zero-order valence-electron chi connectivity index (χ0n) is 12.9. The molecule has 1 aromatic carbocycles. The van der Waals surface area contributed by atoms with E-state index >= 15 is 0 Å². The van der Waals surface area contributed by atoms with Crippen LogP contribution in [0.5, 0.6) is 0 Å². The highest BCUT2D eigenvalue weighted by Crippen LogP contribution is 2.21. The van der Waals surface area contributed by atoms with Gasteiger partial charge in [-0.1, -0.05) is 13.3 Å². The Morgan fingerprint density at radius 3 is 2.76 bits per heavy atom. The SMILES string of the molecule is CCCC1CC(Nc2ccc(C(=O)OCC)cc2)CCO1. The maximum atomic E-state index is 11.6. The van der Waals surface area contributed by atoms with Crippen LogP contribution in [-0.4, -0.2) is 31.3 Å².